The van der Waals surface area contributed by atoms with Crippen molar-refractivity contribution in [3.8, 4) is 0 Å². The van der Waals surface area contributed by atoms with E-state index in [0.29, 0.717) is 17.0 Å². The molecule has 0 saturated heterocycles. The van der Waals surface area contributed by atoms with E-state index in [1.165, 1.54) is 29.2 Å². The molecule has 0 unspecified atom stereocenters. The Morgan fingerprint density at radius 2 is 1.86 bits per heavy atom. The summed E-state index contributed by atoms with van der Waals surface area (Å²) in [6, 6.07) is 12.6. The van der Waals surface area contributed by atoms with Gasteiger partial charge in [0, 0.05) is 25.0 Å². The van der Waals surface area contributed by atoms with Crippen molar-refractivity contribution in [1.82, 2.24) is 24.4 Å². The first-order valence-electron chi connectivity index (χ1n) is 8.39. The number of hydrogen-bond donors (Lipinski definition) is 0. The van der Waals surface area contributed by atoms with Crippen molar-refractivity contribution in [3.63, 3.8) is 0 Å². The number of hydrogen-bond acceptors (Lipinski definition) is 6. The van der Waals surface area contributed by atoms with Crippen molar-refractivity contribution in [1.29, 1.82) is 0 Å². The van der Waals surface area contributed by atoms with Gasteiger partial charge in [0.05, 0.1) is 19.0 Å². The van der Waals surface area contributed by atoms with Crippen LogP contribution in [0, 0.1) is 0 Å². The summed E-state index contributed by atoms with van der Waals surface area (Å²) in [6.45, 7) is 0. The lowest BCUT2D eigenvalue weighted by molar-refractivity contribution is 0.0596. The van der Waals surface area contributed by atoms with Crippen LogP contribution in [0.15, 0.2) is 61.2 Å². The Morgan fingerprint density at radius 1 is 1.07 bits per heavy atom. The van der Waals surface area contributed by atoms with Crippen molar-refractivity contribution in [3.05, 3.63) is 72.4 Å². The van der Waals surface area contributed by atoms with E-state index in [1.807, 2.05) is 18.2 Å². The molecule has 9 heteroatoms. The molecular weight excluding hydrogens is 360 g/mol. The lowest BCUT2D eigenvalue weighted by atomic mass is 10.2. The molecule has 1 amide bonds. The van der Waals surface area contributed by atoms with Crippen LogP contribution in [0.4, 0.5) is 11.4 Å². The molecule has 28 heavy (non-hydrogen) atoms. The topological polar surface area (TPSA) is 94.6 Å². The highest BCUT2D eigenvalue weighted by atomic mass is 16.5. The zero-order chi connectivity index (χ0) is 19.7. The van der Waals surface area contributed by atoms with Crippen LogP contribution >= 0.6 is 0 Å². The largest absolute Gasteiger partial charge is 0.465 e. The molecule has 1 aromatic carbocycles. The Bertz CT molecular complexity index is 1160. The number of aryl methyl sites for hydroxylation is 1. The first kappa shape index (κ1) is 17.4. The predicted octanol–water partition coefficient (Wildman–Crippen LogP) is 2.23. The predicted molar refractivity (Wildman–Crippen MR) is 100 cm³/mol. The van der Waals surface area contributed by atoms with Crippen molar-refractivity contribution >= 4 is 28.9 Å². The van der Waals surface area contributed by atoms with Gasteiger partial charge in [-0.3, -0.25) is 14.4 Å². The smallest absolute Gasteiger partial charge is 0.341 e. The Hall–Kier alpha value is -4.01. The summed E-state index contributed by atoms with van der Waals surface area (Å²) in [5.41, 5.74) is 2.02. The molecule has 4 aromatic rings. The van der Waals surface area contributed by atoms with Crippen LogP contribution < -0.4 is 4.90 Å². The molecule has 9 nitrogen and oxygen atoms in total. The van der Waals surface area contributed by atoms with E-state index in [4.69, 9.17) is 4.74 Å². The van der Waals surface area contributed by atoms with E-state index in [0.717, 1.165) is 0 Å². The fourth-order valence-corrected chi connectivity index (χ4v) is 2.96. The molecule has 0 aliphatic carbocycles. The van der Waals surface area contributed by atoms with Crippen LogP contribution in [0.3, 0.4) is 0 Å². The van der Waals surface area contributed by atoms with Crippen LogP contribution in [-0.4, -0.2) is 43.4 Å². The quantitative estimate of drug-likeness (QED) is 0.507. The molecule has 0 saturated carbocycles. The lowest BCUT2D eigenvalue weighted by Gasteiger charge is -2.23. The fourth-order valence-electron chi connectivity index (χ4n) is 2.96. The van der Waals surface area contributed by atoms with E-state index in [2.05, 4.69) is 15.2 Å². The van der Waals surface area contributed by atoms with Crippen molar-refractivity contribution in [2.24, 2.45) is 7.05 Å². The minimum absolute atomic E-state index is 0.0967. The van der Waals surface area contributed by atoms with Gasteiger partial charge in [0.2, 0.25) is 0 Å². The summed E-state index contributed by atoms with van der Waals surface area (Å²) in [4.78, 5) is 31.4. The van der Waals surface area contributed by atoms with Gasteiger partial charge in [0.1, 0.15) is 17.6 Å². The number of benzene rings is 1. The van der Waals surface area contributed by atoms with Gasteiger partial charge in [-0.15, -0.1) is 0 Å². The summed E-state index contributed by atoms with van der Waals surface area (Å²) < 4.78 is 7.75. The number of aromatic nitrogens is 5. The van der Waals surface area contributed by atoms with Gasteiger partial charge in [-0.05, 0) is 18.2 Å². The number of pyridine rings is 1. The molecule has 0 N–H and O–H groups in total. The van der Waals surface area contributed by atoms with Crippen LogP contribution in [0.5, 0.6) is 0 Å². The number of nitrogens with zero attached hydrogens (tertiary/aromatic N) is 6. The molecule has 140 valence electrons. The summed E-state index contributed by atoms with van der Waals surface area (Å²) in [5, 5.41) is 8.14. The maximum atomic E-state index is 13.6. The van der Waals surface area contributed by atoms with Gasteiger partial charge in [-0.2, -0.15) is 10.2 Å². The Kier molecular flexibility index (Phi) is 4.32. The summed E-state index contributed by atoms with van der Waals surface area (Å²) in [5.74, 6) is -1.05. The molecule has 4 rings (SSSR count). The number of para-hydroxylation sites is 1. The zero-order valence-electron chi connectivity index (χ0n) is 15.2. The van der Waals surface area contributed by atoms with Crippen LogP contribution in [-0.2, 0) is 11.8 Å². The lowest BCUT2D eigenvalue weighted by Crippen LogP contribution is -2.29. The minimum Gasteiger partial charge on any atom is -0.465 e. The number of fused-ring (bicyclic) bond motifs is 1. The van der Waals surface area contributed by atoms with Gasteiger partial charge in [-0.25, -0.2) is 14.3 Å². The van der Waals surface area contributed by atoms with Crippen molar-refractivity contribution in [2.45, 2.75) is 0 Å². The maximum Gasteiger partial charge on any atom is 0.341 e. The Labute approximate surface area is 159 Å². The summed E-state index contributed by atoms with van der Waals surface area (Å²) in [7, 11) is 2.86. The van der Waals surface area contributed by atoms with E-state index < -0.39 is 11.9 Å². The highest BCUT2D eigenvalue weighted by Crippen LogP contribution is 2.29. The van der Waals surface area contributed by atoms with E-state index in [-0.39, 0.29) is 11.3 Å². The highest BCUT2D eigenvalue weighted by molar-refractivity contribution is 6.14. The van der Waals surface area contributed by atoms with Gasteiger partial charge >= 0.3 is 5.97 Å². The molecule has 0 aliphatic heterocycles. The molecule has 3 heterocycles. The van der Waals surface area contributed by atoms with Crippen molar-refractivity contribution < 1.29 is 14.3 Å². The molecule has 3 aromatic heterocycles. The summed E-state index contributed by atoms with van der Waals surface area (Å²) >= 11 is 0. The number of esters is 1. The molecule has 0 radical (unpaired) electrons. The normalized spacial score (nSPS) is 10.8. The number of rotatable bonds is 4. The van der Waals surface area contributed by atoms with Gasteiger partial charge in [-0.1, -0.05) is 18.2 Å². The number of carbonyl (C=O) groups is 2. The van der Waals surface area contributed by atoms with Gasteiger partial charge < -0.3 is 4.74 Å². The van der Waals surface area contributed by atoms with Crippen LogP contribution in [0.25, 0.3) is 5.65 Å². The SMILES string of the molecule is COC(=O)c1cnn(C)c1C(=O)N(c1ccccc1)c1ccn2ncnc2c1. The minimum atomic E-state index is -0.627. The first-order valence-corrected chi connectivity index (χ1v) is 8.39. The number of amides is 1. The molecule has 0 atom stereocenters. The third kappa shape index (κ3) is 2.88. The number of methoxy groups -OCH3 is 1. The number of carbonyl (C=O) groups excluding carboxylic acids is 2. The molecule has 0 aliphatic rings. The standard InChI is InChI=1S/C19H16N6O3/c1-23-17(15(11-21-23)19(27)28-2)18(26)25(13-6-4-3-5-7-13)14-8-9-24-16(10-14)20-12-22-24/h3-12H,1-2H3. The van der Waals surface area contributed by atoms with Crippen molar-refractivity contribution in [2.75, 3.05) is 12.0 Å². The molecular formula is C19H16N6O3. The van der Waals surface area contributed by atoms with E-state index in [1.54, 1.807) is 42.0 Å². The fraction of sp³-hybridized carbons (Fsp3) is 0.105. The molecule has 0 spiro atoms. The van der Waals surface area contributed by atoms with E-state index in [9.17, 15) is 9.59 Å². The number of ether oxygens (including phenoxy) is 1. The second-order valence-corrected chi connectivity index (χ2v) is 5.95. The average molecular weight is 376 g/mol. The Morgan fingerprint density at radius 3 is 2.61 bits per heavy atom. The van der Waals surface area contributed by atoms with Crippen LogP contribution in [0.2, 0.25) is 0 Å². The zero-order valence-corrected chi connectivity index (χ0v) is 15.2. The van der Waals surface area contributed by atoms with E-state index >= 15 is 0 Å². The highest BCUT2D eigenvalue weighted by Gasteiger charge is 2.29. The van der Waals surface area contributed by atoms with Gasteiger partial charge in [0.25, 0.3) is 5.91 Å². The second-order valence-electron chi connectivity index (χ2n) is 5.95. The van der Waals surface area contributed by atoms with Crippen LogP contribution in [0.1, 0.15) is 20.8 Å². The average Bonchev–Trinajstić information content (AvgIpc) is 3.34. The third-order valence-electron chi connectivity index (χ3n) is 4.29. The molecule has 0 fully saturated rings. The third-order valence-corrected chi connectivity index (χ3v) is 4.29. The summed E-state index contributed by atoms with van der Waals surface area (Å²) in [6.07, 6.45) is 4.47. The van der Waals surface area contributed by atoms with Gasteiger partial charge in [0.15, 0.2) is 5.65 Å². The maximum absolute atomic E-state index is 13.6. The number of anilines is 2. The monoisotopic (exact) mass is 376 g/mol. The second kappa shape index (κ2) is 6.95. The first-order chi connectivity index (χ1) is 13.6. The molecule has 0 bridgehead atoms. The Balaban J connectivity index is 1.88.